The van der Waals surface area contributed by atoms with E-state index in [1.807, 2.05) is 7.11 Å². The van der Waals surface area contributed by atoms with E-state index in [1.54, 1.807) is 0 Å². The maximum Gasteiger partial charge on any atom is 0.178 e. The molecule has 8 radical (unpaired) electrons. The summed E-state index contributed by atoms with van der Waals surface area (Å²) in [4.78, 5) is 0. The van der Waals surface area contributed by atoms with Gasteiger partial charge in [-0.2, -0.15) is 0 Å². The van der Waals surface area contributed by atoms with Gasteiger partial charge in [-0.3, -0.25) is 0 Å². The van der Waals surface area contributed by atoms with Crippen molar-refractivity contribution in [3.05, 3.63) is 30.3 Å². The van der Waals surface area contributed by atoms with Gasteiger partial charge in [0.15, 0.2) is 7.35 Å². The second-order valence-corrected chi connectivity index (χ2v) is 23.8. The largest absolute Gasteiger partial charge is 0.422 e. The summed E-state index contributed by atoms with van der Waals surface area (Å²) in [6.45, 7) is 0. The number of hydrogen-bond acceptors (Lipinski definition) is 1. The third kappa shape index (κ3) is 1.87. The monoisotopic (exact) mass is 248 g/mol. The SMILES string of the molecule is CO[Si]1(c2ccccc2)[Si][Si][Si][Si]1. The minimum atomic E-state index is -1.40. The molecule has 0 bridgehead atoms. The van der Waals surface area contributed by atoms with Crippen LogP contribution in [0, 0.1) is 0 Å². The third-order valence-corrected chi connectivity index (χ3v) is 37.6. The zero-order valence-corrected chi connectivity index (χ0v) is 12.3. The topological polar surface area (TPSA) is 9.23 Å². The van der Waals surface area contributed by atoms with Crippen molar-refractivity contribution in [1.82, 2.24) is 0 Å². The Morgan fingerprint density at radius 3 is 2.23 bits per heavy atom. The first-order valence-corrected chi connectivity index (χ1v) is 14.9. The summed E-state index contributed by atoms with van der Waals surface area (Å²) < 4.78 is 5.86. The standard InChI is InChI=1S/C7H8OSi5/c1-8-13(11-9-10-12-13)7-5-3-2-4-6-7/h2-6H,1H3. The van der Waals surface area contributed by atoms with Crippen LogP contribution in [0.1, 0.15) is 0 Å². The molecule has 1 aromatic rings. The lowest BCUT2D eigenvalue weighted by Crippen LogP contribution is -2.58. The first-order valence-electron chi connectivity index (χ1n) is 4.02. The molecule has 1 nitrogen and oxygen atoms in total. The summed E-state index contributed by atoms with van der Waals surface area (Å²) in [5, 5.41) is 1.52. The van der Waals surface area contributed by atoms with Crippen LogP contribution in [0.3, 0.4) is 0 Å². The normalized spacial score (nSPS) is 20.4. The molecule has 1 heterocycles. The van der Waals surface area contributed by atoms with Crippen LogP contribution < -0.4 is 5.19 Å². The Kier molecular flexibility index (Phi) is 3.16. The minimum absolute atomic E-state index is 1.12. The Hall–Kier alpha value is 0.264. The molecule has 1 saturated heterocycles. The lowest BCUT2D eigenvalue weighted by atomic mass is 10.4. The molecule has 62 valence electrons. The average molecular weight is 249 g/mol. The van der Waals surface area contributed by atoms with E-state index in [0.717, 1.165) is 17.1 Å². The van der Waals surface area contributed by atoms with Gasteiger partial charge in [-0.1, -0.05) is 30.3 Å². The van der Waals surface area contributed by atoms with Crippen LogP contribution in [-0.4, -0.2) is 48.7 Å². The molecule has 0 aromatic heterocycles. The molecule has 1 fully saturated rings. The maximum atomic E-state index is 5.86. The fourth-order valence-electron chi connectivity index (χ4n) is 1.31. The number of hydrogen-bond donors (Lipinski definition) is 0. The average Bonchev–Trinajstić information content (AvgIpc) is 2.69. The molecule has 6 heteroatoms. The minimum Gasteiger partial charge on any atom is -0.422 e. The predicted octanol–water partition coefficient (Wildman–Crippen LogP) is -0.946. The van der Waals surface area contributed by atoms with Crippen LogP contribution in [0.4, 0.5) is 0 Å². The number of benzene rings is 1. The Labute approximate surface area is 88.6 Å². The Morgan fingerprint density at radius 1 is 1.08 bits per heavy atom. The van der Waals surface area contributed by atoms with Gasteiger partial charge < -0.3 is 4.43 Å². The van der Waals surface area contributed by atoms with Crippen LogP contribution >= 0.6 is 0 Å². The van der Waals surface area contributed by atoms with Crippen molar-refractivity contribution in [1.29, 1.82) is 0 Å². The smallest absolute Gasteiger partial charge is 0.178 e. The molecular formula is C7H8OSi5. The Balaban J connectivity index is 2.31. The van der Waals surface area contributed by atoms with E-state index in [0.29, 0.717) is 0 Å². The lowest BCUT2D eigenvalue weighted by Gasteiger charge is -2.24. The van der Waals surface area contributed by atoms with E-state index in [9.17, 15) is 0 Å². The Bertz CT molecular complexity index is 271. The molecule has 0 aliphatic carbocycles. The summed E-state index contributed by atoms with van der Waals surface area (Å²) in [5.74, 6) is 0. The molecule has 1 aromatic carbocycles. The summed E-state index contributed by atoms with van der Waals surface area (Å²) in [6.07, 6.45) is 0. The van der Waals surface area contributed by atoms with Gasteiger partial charge in [-0.25, -0.2) is 0 Å². The van der Waals surface area contributed by atoms with Gasteiger partial charge in [-0.15, -0.1) is 0 Å². The molecule has 1 aliphatic heterocycles. The molecule has 2 rings (SSSR count). The van der Waals surface area contributed by atoms with Gasteiger partial charge in [0.2, 0.25) is 0 Å². The van der Waals surface area contributed by atoms with Crippen LogP contribution in [-0.2, 0) is 4.43 Å². The zero-order chi connectivity index (χ0) is 9.15. The highest BCUT2D eigenvalue weighted by Crippen LogP contribution is 2.04. The quantitative estimate of drug-likeness (QED) is 0.614. The van der Waals surface area contributed by atoms with Crippen molar-refractivity contribution in [2.75, 3.05) is 7.11 Å². The van der Waals surface area contributed by atoms with Gasteiger partial charge in [0.25, 0.3) is 0 Å². The molecule has 0 saturated carbocycles. The van der Waals surface area contributed by atoms with E-state index in [2.05, 4.69) is 30.3 Å². The summed E-state index contributed by atoms with van der Waals surface area (Å²) >= 11 is 0. The van der Waals surface area contributed by atoms with Gasteiger partial charge in [0.05, 0.1) is 0 Å². The highest BCUT2D eigenvalue weighted by atomic mass is 30.1. The van der Waals surface area contributed by atoms with Crippen molar-refractivity contribution >= 4 is 46.8 Å². The molecular weight excluding hydrogens is 241 g/mol. The van der Waals surface area contributed by atoms with Crippen molar-refractivity contribution in [3.63, 3.8) is 0 Å². The van der Waals surface area contributed by atoms with Crippen molar-refractivity contribution in [3.8, 4) is 0 Å². The highest BCUT2D eigenvalue weighted by molar-refractivity contribution is 7.86. The fourth-order valence-corrected chi connectivity index (χ4v) is 56.5. The first-order chi connectivity index (χ1) is 6.37. The molecule has 0 spiro atoms. The predicted molar refractivity (Wildman–Crippen MR) is 61.9 cm³/mol. The van der Waals surface area contributed by atoms with Gasteiger partial charge in [0, 0.05) is 41.3 Å². The summed E-state index contributed by atoms with van der Waals surface area (Å²) in [7, 11) is 5.14. The van der Waals surface area contributed by atoms with E-state index in [4.69, 9.17) is 4.43 Å². The van der Waals surface area contributed by atoms with Crippen LogP contribution in [0.15, 0.2) is 30.3 Å². The molecule has 0 amide bonds. The second-order valence-electron chi connectivity index (χ2n) is 2.75. The van der Waals surface area contributed by atoms with Gasteiger partial charge in [0.1, 0.15) is 0 Å². The summed E-state index contributed by atoms with van der Waals surface area (Å²) in [5.41, 5.74) is 0. The zero-order valence-electron chi connectivity index (χ0n) is 7.29. The van der Waals surface area contributed by atoms with Gasteiger partial charge >= 0.3 is 0 Å². The molecule has 0 N–H and O–H groups in total. The van der Waals surface area contributed by atoms with Gasteiger partial charge in [-0.05, 0) is 5.19 Å². The molecule has 0 unspecified atom stereocenters. The Morgan fingerprint density at radius 2 is 1.69 bits per heavy atom. The lowest BCUT2D eigenvalue weighted by molar-refractivity contribution is 0.437. The molecule has 13 heavy (non-hydrogen) atoms. The maximum absolute atomic E-state index is 5.86. The van der Waals surface area contributed by atoms with Crippen molar-refractivity contribution < 1.29 is 4.43 Å². The van der Waals surface area contributed by atoms with Crippen LogP contribution in [0.2, 0.25) is 0 Å². The van der Waals surface area contributed by atoms with E-state index >= 15 is 0 Å². The fraction of sp³-hybridized carbons (Fsp3) is 0.143. The van der Waals surface area contributed by atoms with Crippen LogP contribution in [0.25, 0.3) is 0 Å². The van der Waals surface area contributed by atoms with Crippen LogP contribution in [0.5, 0.6) is 0 Å². The summed E-state index contributed by atoms with van der Waals surface area (Å²) in [6, 6.07) is 10.9. The molecule has 1 aliphatic rings. The van der Waals surface area contributed by atoms with Crippen molar-refractivity contribution in [2.24, 2.45) is 0 Å². The van der Waals surface area contributed by atoms with E-state index in [1.165, 1.54) is 22.3 Å². The first kappa shape index (κ1) is 9.81. The van der Waals surface area contributed by atoms with E-state index in [-0.39, 0.29) is 0 Å². The van der Waals surface area contributed by atoms with E-state index < -0.39 is 7.35 Å². The number of rotatable bonds is 2. The third-order valence-electron chi connectivity index (χ3n) is 2.03. The highest BCUT2D eigenvalue weighted by Gasteiger charge is 2.39. The second kappa shape index (κ2) is 4.19. The molecule has 0 atom stereocenters. The van der Waals surface area contributed by atoms with Crippen molar-refractivity contribution in [2.45, 2.75) is 0 Å².